The van der Waals surface area contributed by atoms with Crippen molar-refractivity contribution in [1.82, 2.24) is 9.88 Å². The van der Waals surface area contributed by atoms with Crippen LogP contribution in [0.1, 0.15) is 45.3 Å². The fraction of sp³-hybridized carbons (Fsp3) is 0.812. The van der Waals surface area contributed by atoms with Gasteiger partial charge < -0.3 is 13.9 Å². The zero-order chi connectivity index (χ0) is 14.9. The predicted molar refractivity (Wildman–Crippen MR) is 78.9 cm³/mol. The first-order valence-corrected chi connectivity index (χ1v) is 7.93. The summed E-state index contributed by atoms with van der Waals surface area (Å²) in [5.74, 6) is 2.32. The van der Waals surface area contributed by atoms with Gasteiger partial charge in [0.1, 0.15) is 5.76 Å². The minimum Gasteiger partial charge on any atom is -0.444 e. The second kappa shape index (κ2) is 6.07. The molecular formula is C16H26N2O3. The molecule has 2 fully saturated rings. The summed E-state index contributed by atoms with van der Waals surface area (Å²) in [6.45, 7) is 10.8. The van der Waals surface area contributed by atoms with Crippen LogP contribution in [0.5, 0.6) is 0 Å². The molecule has 0 bridgehead atoms. The highest BCUT2D eigenvalue weighted by molar-refractivity contribution is 5.06. The number of rotatable bonds is 3. The molecule has 2 aliphatic heterocycles. The van der Waals surface area contributed by atoms with Crippen LogP contribution in [0.25, 0.3) is 0 Å². The first kappa shape index (κ1) is 15.0. The van der Waals surface area contributed by atoms with Gasteiger partial charge in [-0.1, -0.05) is 20.8 Å². The molecular weight excluding hydrogens is 268 g/mol. The van der Waals surface area contributed by atoms with Crippen LogP contribution >= 0.6 is 0 Å². The molecule has 21 heavy (non-hydrogen) atoms. The Hall–Kier alpha value is -0.910. The molecule has 0 aromatic carbocycles. The van der Waals surface area contributed by atoms with Gasteiger partial charge in [-0.3, -0.25) is 4.90 Å². The Morgan fingerprint density at radius 1 is 1.19 bits per heavy atom. The summed E-state index contributed by atoms with van der Waals surface area (Å²) >= 11 is 0. The Morgan fingerprint density at radius 2 is 1.86 bits per heavy atom. The van der Waals surface area contributed by atoms with Crippen LogP contribution in [0, 0.1) is 5.92 Å². The lowest BCUT2D eigenvalue weighted by atomic mass is 9.94. The zero-order valence-corrected chi connectivity index (χ0v) is 13.3. The Bertz CT molecular complexity index is 452. The van der Waals surface area contributed by atoms with Crippen LogP contribution in [0.3, 0.4) is 0 Å². The summed E-state index contributed by atoms with van der Waals surface area (Å²) in [5, 5.41) is 0. The van der Waals surface area contributed by atoms with Crippen LogP contribution in [0.4, 0.5) is 0 Å². The molecule has 0 aliphatic carbocycles. The molecule has 0 spiro atoms. The average molecular weight is 294 g/mol. The molecule has 0 amide bonds. The maximum Gasteiger partial charge on any atom is 0.208 e. The lowest BCUT2D eigenvalue weighted by molar-refractivity contribution is -0.0980. The number of hydrogen-bond acceptors (Lipinski definition) is 5. The van der Waals surface area contributed by atoms with Gasteiger partial charge in [-0.05, 0) is 25.9 Å². The largest absolute Gasteiger partial charge is 0.444 e. The standard InChI is InChI=1S/C16H26N2O3/c1-16(2,3)13-10-17-14(21-13)11-18-6-4-12(5-7-18)15-19-8-9-20-15/h10,12,15H,4-9,11H2,1-3H3. The summed E-state index contributed by atoms with van der Waals surface area (Å²) in [7, 11) is 0. The second-order valence-corrected chi connectivity index (χ2v) is 7.09. The number of hydrogen-bond donors (Lipinski definition) is 0. The van der Waals surface area contributed by atoms with Crippen molar-refractivity contribution in [2.75, 3.05) is 26.3 Å². The fourth-order valence-corrected chi connectivity index (χ4v) is 2.95. The van der Waals surface area contributed by atoms with Gasteiger partial charge in [0.15, 0.2) is 6.29 Å². The van der Waals surface area contributed by atoms with Crippen molar-refractivity contribution in [3.63, 3.8) is 0 Å². The summed E-state index contributed by atoms with van der Waals surface area (Å²) in [4.78, 5) is 6.82. The van der Waals surface area contributed by atoms with Crippen molar-refractivity contribution in [2.45, 2.75) is 51.9 Å². The monoisotopic (exact) mass is 294 g/mol. The highest BCUT2D eigenvalue weighted by atomic mass is 16.7. The highest BCUT2D eigenvalue weighted by Gasteiger charge is 2.30. The minimum atomic E-state index is 0.0232. The van der Waals surface area contributed by atoms with Gasteiger partial charge >= 0.3 is 0 Å². The van der Waals surface area contributed by atoms with Crippen LogP contribution in [0.15, 0.2) is 10.6 Å². The molecule has 5 nitrogen and oxygen atoms in total. The van der Waals surface area contributed by atoms with Crippen LogP contribution in [-0.2, 0) is 21.4 Å². The average Bonchev–Trinajstić information content (AvgIpc) is 3.09. The van der Waals surface area contributed by atoms with Crippen molar-refractivity contribution in [2.24, 2.45) is 5.92 Å². The quantitative estimate of drug-likeness (QED) is 0.857. The van der Waals surface area contributed by atoms with Gasteiger partial charge in [0.2, 0.25) is 5.89 Å². The van der Waals surface area contributed by atoms with E-state index in [0.29, 0.717) is 5.92 Å². The summed E-state index contributed by atoms with van der Waals surface area (Å²) in [6.07, 6.45) is 4.14. The lowest BCUT2D eigenvalue weighted by Gasteiger charge is -2.33. The van der Waals surface area contributed by atoms with E-state index in [1.807, 2.05) is 6.20 Å². The molecule has 1 aromatic rings. The Balaban J connectivity index is 1.50. The number of nitrogens with zero attached hydrogens (tertiary/aromatic N) is 2. The number of likely N-dealkylation sites (tertiary alicyclic amines) is 1. The van der Waals surface area contributed by atoms with E-state index in [0.717, 1.165) is 57.3 Å². The van der Waals surface area contributed by atoms with Gasteiger partial charge in [-0.2, -0.15) is 0 Å². The van der Waals surface area contributed by atoms with E-state index in [2.05, 4.69) is 30.7 Å². The number of piperidine rings is 1. The second-order valence-electron chi connectivity index (χ2n) is 7.09. The van der Waals surface area contributed by atoms with Gasteiger partial charge in [0.05, 0.1) is 26.0 Å². The van der Waals surface area contributed by atoms with Crippen LogP contribution in [-0.4, -0.2) is 42.5 Å². The number of ether oxygens (including phenoxy) is 2. The number of oxazole rings is 1. The smallest absolute Gasteiger partial charge is 0.208 e. The molecule has 0 saturated carbocycles. The summed E-state index contributed by atoms with van der Waals surface area (Å²) in [6, 6.07) is 0. The molecule has 118 valence electrons. The fourth-order valence-electron chi connectivity index (χ4n) is 2.95. The molecule has 3 heterocycles. The zero-order valence-electron chi connectivity index (χ0n) is 13.3. The van der Waals surface area contributed by atoms with Crippen molar-refractivity contribution >= 4 is 0 Å². The van der Waals surface area contributed by atoms with E-state index in [9.17, 15) is 0 Å². The Kier molecular flexibility index (Phi) is 4.33. The predicted octanol–water partition coefficient (Wildman–Crippen LogP) is 2.56. The number of aromatic nitrogens is 1. The molecule has 2 saturated heterocycles. The summed E-state index contributed by atoms with van der Waals surface area (Å²) < 4.78 is 17.1. The van der Waals surface area contributed by atoms with Crippen molar-refractivity contribution in [3.05, 3.63) is 17.8 Å². The van der Waals surface area contributed by atoms with E-state index >= 15 is 0 Å². The topological polar surface area (TPSA) is 47.7 Å². The van der Waals surface area contributed by atoms with Crippen LogP contribution < -0.4 is 0 Å². The third kappa shape index (κ3) is 3.65. The van der Waals surface area contributed by atoms with E-state index < -0.39 is 0 Å². The Labute approximate surface area is 126 Å². The van der Waals surface area contributed by atoms with E-state index in [-0.39, 0.29) is 11.7 Å². The van der Waals surface area contributed by atoms with Crippen molar-refractivity contribution in [3.8, 4) is 0 Å². The molecule has 3 rings (SSSR count). The third-order valence-electron chi connectivity index (χ3n) is 4.32. The molecule has 2 aliphatic rings. The third-order valence-corrected chi connectivity index (χ3v) is 4.32. The molecule has 5 heteroatoms. The van der Waals surface area contributed by atoms with Crippen LogP contribution in [0.2, 0.25) is 0 Å². The van der Waals surface area contributed by atoms with E-state index in [1.54, 1.807) is 0 Å². The van der Waals surface area contributed by atoms with E-state index in [1.165, 1.54) is 0 Å². The maximum atomic E-state index is 5.88. The molecule has 0 unspecified atom stereocenters. The molecule has 0 atom stereocenters. The Morgan fingerprint density at radius 3 is 2.43 bits per heavy atom. The SMILES string of the molecule is CC(C)(C)c1cnc(CN2CCC(C3OCCO3)CC2)o1. The lowest BCUT2D eigenvalue weighted by Crippen LogP contribution is -2.37. The molecule has 1 aromatic heterocycles. The molecule has 0 radical (unpaired) electrons. The van der Waals surface area contributed by atoms with Crippen molar-refractivity contribution < 1.29 is 13.9 Å². The maximum absolute atomic E-state index is 5.88. The van der Waals surface area contributed by atoms with Gasteiger partial charge in [0, 0.05) is 11.3 Å². The van der Waals surface area contributed by atoms with Gasteiger partial charge in [-0.25, -0.2) is 4.98 Å². The first-order chi connectivity index (χ1) is 10.0. The van der Waals surface area contributed by atoms with E-state index in [4.69, 9.17) is 13.9 Å². The molecule has 0 N–H and O–H groups in total. The summed E-state index contributed by atoms with van der Waals surface area (Å²) in [5.41, 5.74) is 0.0232. The first-order valence-electron chi connectivity index (χ1n) is 7.93. The van der Waals surface area contributed by atoms with Crippen molar-refractivity contribution in [1.29, 1.82) is 0 Å². The van der Waals surface area contributed by atoms with Gasteiger partial charge in [-0.15, -0.1) is 0 Å². The van der Waals surface area contributed by atoms with Gasteiger partial charge in [0.25, 0.3) is 0 Å². The highest BCUT2D eigenvalue weighted by Crippen LogP contribution is 2.27. The minimum absolute atomic E-state index is 0.0232. The normalized spacial score (nSPS) is 23.0.